The highest BCUT2D eigenvalue weighted by atomic mass is 32.1. The summed E-state index contributed by atoms with van der Waals surface area (Å²) in [6.45, 7) is 2.73. The Morgan fingerprint density at radius 3 is 3.00 bits per heavy atom. The Bertz CT molecular complexity index is 272. The van der Waals surface area contributed by atoms with E-state index < -0.39 is 0 Å². The molecule has 0 bridgehead atoms. The van der Waals surface area contributed by atoms with Crippen molar-refractivity contribution in [1.29, 1.82) is 0 Å². The molecule has 0 aliphatic carbocycles. The van der Waals surface area contributed by atoms with Crippen molar-refractivity contribution in [3.05, 3.63) is 22.4 Å². The van der Waals surface area contributed by atoms with Gasteiger partial charge in [-0.15, -0.1) is 11.3 Å². The third kappa shape index (κ3) is 3.47. The fraction of sp³-hybridized carbons (Fsp3) is 0.500. The van der Waals surface area contributed by atoms with Crippen molar-refractivity contribution in [2.24, 2.45) is 0 Å². The smallest absolute Gasteiger partial charge is 0.221 e. The molecule has 1 amide bonds. The second-order valence-electron chi connectivity index (χ2n) is 3.16. The molecular weight excluding hydrogens is 196 g/mol. The van der Waals surface area contributed by atoms with Crippen molar-refractivity contribution in [3.8, 4) is 0 Å². The molecule has 3 nitrogen and oxygen atoms in total. The summed E-state index contributed by atoms with van der Waals surface area (Å²) in [7, 11) is 1.84. The molecule has 1 rings (SSSR count). The number of hydrogen-bond acceptors (Lipinski definition) is 3. The van der Waals surface area contributed by atoms with Crippen LogP contribution in [0.5, 0.6) is 0 Å². The number of rotatable bonds is 5. The zero-order chi connectivity index (χ0) is 10.4. The fourth-order valence-electron chi connectivity index (χ4n) is 1.16. The molecule has 0 spiro atoms. The summed E-state index contributed by atoms with van der Waals surface area (Å²) in [5.41, 5.74) is 0. The van der Waals surface area contributed by atoms with E-state index in [0.717, 1.165) is 6.54 Å². The Labute approximate surface area is 88.5 Å². The van der Waals surface area contributed by atoms with E-state index in [1.54, 1.807) is 11.3 Å². The molecule has 0 aliphatic rings. The van der Waals surface area contributed by atoms with Crippen molar-refractivity contribution < 1.29 is 4.79 Å². The van der Waals surface area contributed by atoms with Gasteiger partial charge in [-0.2, -0.15) is 0 Å². The Morgan fingerprint density at radius 1 is 1.64 bits per heavy atom. The Kier molecular flexibility index (Phi) is 4.62. The van der Waals surface area contributed by atoms with Crippen LogP contribution in [-0.4, -0.2) is 19.5 Å². The maximum Gasteiger partial charge on any atom is 0.221 e. The lowest BCUT2D eigenvalue weighted by atomic mass is 10.2. The molecule has 78 valence electrons. The summed E-state index contributed by atoms with van der Waals surface area (Å²) in [5.74, 6) is 0.0975. The highest BCUT2D eigenvalue weighted by Crippen LogP contribution is 2.17. The van der Waals surface area contributed by atoms with E-state index in [4.69, 9.17) is 0 Å². The van der Waals surface area contributed by atoms with Crippen LogP contribution < -0.4 is 10.6 Å². The van der Waals surface area contributed by atoms with Gasteiger partial charge in [0.15, 0.2) is 0 Å². The maximum atomic E-state index is 11.4. The van der Waals surface area contributed by atoms with Crippen molar-refractivity contribution in [3.63, 3.8) is 0 Å². The lowest BCUT2D eigenvalue weighted by Crippen LogP contribution is -2.28. The molecule has 0 aliphatic heterocycles. The quantitative estimate of drug-likeness (QED) is 0.777. The van der Waals surface area contributed by atoms with Crippen LogP contribution in [0.25, 0.3) is 0 Å². The molecule has 0 aromatic carbocycles. The first-order valence-electron chi connectivity index (χ1n) is 4.71. The lowest BCUT2D eigenvalue weighted by Gasteiger charge is -2.11. The van der Waals surface area contributed by atoms with Crippen LogP contribution in [0.3, 0.4) is 0 Å². The van der Waals surface area contributed by atoms with Gasteiger partial charge in [0, 0.05) is 17.8 Å². The SMILES string of the molecule is CNCCC(=O)NC(C)c1cccs1. The van der Waals surface area contributed by atoms with E-state index >= 15 is 0 Å². The van der Waals surface area contributed by atoms with Gasteiger partial charge in [-0.05, 0) is 25.4 Å². The minimum atomic E-state index is 0.0975. The number of thiophene rings is 1. The highest BCUT2D eigenvalue weighted by molar-refractivity contribution is 7.10. The van der Waals surface area contributed by atoms with Gasteiger partial charge in [0.05, 0.1) is 6.04 Å². The van der Waals surface area contributed by atoms with Crippen molar-refractivity contribution in [1.82, 2.24) is 10.6 Å². The zero-order valence-electron chi connectivity index (χ0n) is 8.54. The lowest BCUT2D eigenvalue weighted by molar-refractivity contribution is -0.121. The first kappa shape index (κ1) is 11.2. The van der Waals surface area contributed by atoms with Crippen molar-refractivity contribution >= 4 is 17.2 Å². The first-order chi connectivity index (χ1) is 6.74. The molecule has 2 N–H and O–H groups in total. The van der Waals surface area contributed by atoms with E-state index in [9.17, 15) is 4.79 Å². The minimum absolute atomic E-state index is 0.0975. The Morgan fingerprint density at radius 2 is 2.43 bits per heavy atom. The van der Waals surface area contributed by atoms with Gasteiger partial charge in [0.25, 0.3) is 0 Å². The maximum absolute atomic E-state index is 11.4. The standard InChI is InChI=1S/C10H16N2OS/c1-8(9-4-3-7-14-9)12-10(13)5-6-11-2/h3-4,7-8,11H,5-6H2,1-2H3,(H,12,13). The van der Waals surface area contributed by atoms with Crippen LogP contribution in [-0.2, 0) is 4.79 Å². The first-order valence-corrected chi connectivity index (χ1v) is 5.59. The summed E-state index contributed by atoms with van der Waals surface area (Å²) >= 11 is 1.67. The molecule has 1 heterocycles. The van der Waals surface area contributed by atoms with Gasteiger partial charge in [-0.3, -0.25) is 4.79 Å². The van der Waals surface area contributed by atoms with Crippen LogP contribution in [0, 0.1) is 0 Å². The average Bonchev–Trinajstić information content (AvgIpc) is 2.67. The van der Waals surface area contributed by atoms with Crippen LogP contribution in [0.2, 0.25) is 0 Å². The van der Waals surface area contributed by atoms with Gasteiger partial charge < -0.3 is 10.6 Å². The van der Waals surface area contributed by atoms with Crippen LogP contribution in [0.1, 0.15) is 24.3 Å². The number of hydrogen-bond donors (Lipinski definition) is 2. The Hall–Kier alpha value is -0.870. The van der Waals surface area contributed by atoms with E-state index in [1.807, 2.05) is 31.5 Å². The van der Waals surface area contributed by atoms with E-state index in [1.165, 1.54) is 4.88 Å². The zero-order valence-corrected chi connectivity index (χ0v) is 9.36. The highest BCUT2D eigenvalue weighted by Gasteiger charge is 2.09. The minimum Gasteiger partial charge on any atom is -0.349 e. The second kappa shape index (κ2) is 5.78. The third-order valence-electron chi connectivity index (χ3n) is 1.95. The topological polar surface area (TPSA) is 41.1 Å². The van der Waals surface area contributed by atoms with Gasteiger partial charge in [0.2, 0.25) is 5.91 Å². The predicted octanol–water partition coefficient (Wildman–Crippen LogP) is 1.53. The molecule has 1 unspecified atom stereocenters. The molecule has 1 aromatic heterocycles. The van der Waals surface area contributed by atoms with Gasteiger partial charge >= 0.3 is 0 Å². The molecule has 0 fully saturated rings. The Balaban J connectivity index is 2.33. The molecule has 4 heteroatoms. The third-order valence-corrected chi connectivity index (χ3v) is 3.00. The molecule has 0 radical (unpaired) electrons. The predicted molar refractivity (Wildman–Crippen MR) is 59.4 cm³/mol. The summed E-state index contributed by atoms with van der Waals surface area (Å²) in [6, 6.07) is 4.16. The fourth-order valence-corrected chi connectivity index (χ4v) is 1.90. The molecule has 1 atom stereocenters. The van der Waals surface area contributed by atoms with Gasteiger partial charge in [-0.1, -0.05) is 6.07 Å². The van der Waals surface area contributed by atoms with Gasteiger partial charge in [0.1, 0.15) is 0 Å². The van der Waals surface area contributed by atoms with E-state index in [-0.39, 0.29) is 11.9 Å². The van der Waals surface area contributed by atoms with Crippen LogP contribution >= 0.6 is 11.3 Å². The normalized spacial score (nSPS) is 12.4. The van der Waals surface area contributed by atoms with Crippen LogP contribution in [0.4, 0.5) is 0 Å². The summed E-state index contributed by atoms with van der Waals surface area (Å²) in [5, 5.41) is 7.92. The van der Waals surface area contributed by atoms with Gasteiger partial charge in [-0.25, -0.2) is 0 Å². The average molecular weight is 212 g/mol. The molecule has 1 aromatic rings. The summed E-state index contributed by atoms with van der Waals surface area (Å²) < 4.78 is 0. The largest absolute Gasteiger partial charge is 0.349 e. The monoisotopic (exact) mass is 212 g/mol. The molecule has 0 saturated heterocycles. The second-order valence-corrected chi connectivity index (χ2v) is 4.14. The van der Waals surface area contributed by atoms with Crippen molar-refractivity contribution in [2.45, 2.75) is 19.4 Å². The summed E-state index contributed by atoms with van der Waals surface area (Å²) in [4.78, 5) is 12.6. The molecular formula is C10H16N2OS. The van der Waals surface area contributed by atoms with Crippen LogP contribution in [0.15, 0.2) is 17.5 Å². The van der Waals surface area contributed by atoms with E-state index in [2.05, 4.69) is 10.6 Å². The number of carbonyl (C=O) groups is 1. The van der Waals surface area contributed by atoms with E-state index in [0.29, 0.717) is 6.42 Å². The molecule has 14 heavy (non-hydrogen) atoms. The number of amides is 1. The molecule has 0 saturated carbocycles. The number of nitrogens with one attached hydrogen (secondary N) is 2. The summed E-state index contributed by atoms with van der Waals surface area (Å²) in [6.07, 6.45) is 0.534. The van der Waals surface area contributed by atoms with Crippen molar-refractivity contribution in [2.75, 3.05) is 13.6 Å². The number of carbonyl (C=O) groups excluding carboxylic acids is 1.